The van der Waals surface area contributed by atoms with Gasteiger partial charge in [0, 0.05) is 9.50 Å². The monoisotopic (exact) mass is 327 g/mol. The van der Waals surface area contributed by atoms with Gasteiger partial charge < -0.3 is 5.73 Å². The molecule has 18 heavy (non-hydrogen) atoms. The fourth-order valence-corrected chi connectivity index (χ4v) is 2.52. The van der Waals surface area contributed by atoms with Crippen LogP contribution in [0.4, 0.5) is 4.39 Å². The van der Waals surface area contributed by atoms with Crippen molar-refractivity contribution in [1.29, 1.82) is 0 Å². The van der Waals surface area contributed by atoms with Crippen molar-refractivity contribution in [3.05, 3.63) is 68.4 Å². The number of benzene rings is 2. The maximum atomic E-state index is 13.0. The molecule has 0 spiro atoms. The Morgan fingerprint density at radius 3 is 2.56 bits per heavy atom. The van der Waals surface area contributed by atoms with E-state index < -0.39 is 0 Å². The first-order chi connectivity index (χ1) is 8.49. The van der Waals surface area contributed by atoms with E-state index in [1.807, 2.05) is 25.1 Å². The van der Waals surface area contributed by atoms with E-state index in [0.717, 1.165) is 16.7 Å². The van der Waals surface area contributed by atoms with E-state index in [1.54, 1.807) is 6.07 Å². The van der Waals surface area contributed by atoms with Crippen LogP contribution in [0.2, 0.25) is 5.02 Å². The van der Waals surface area contributed by atoms with E-state index in [0.29, 0.717) is 9.50 Å². The highest BCUT2D eigenvalue weighted by atomic mass is 79.9. The quantitative estimate of drug-likeness (QED) is 0.856. The summed E-state index contributed by atoms with van der Waals surface area (Å²) in [5, 5.41) is 0.682. The summed E-state index contributed by atoms with van der Waals surface area (Å²) in [6.07, 6.45) is 0. The van der Waals surface area contributed by atoms with Gasteiger partial charge in [0.05, 0.1) is 6.04 Å². The predicted molar refractivity (Wildman–Crippen MR) is 76.3 cm³/mol. The van der Waals surface area contributed by atoms with Gasteiger partial charge in [0.2, 0.25) is 0 Å². The fourth-order valence-electron chi connectivity index (χ4n) is 1.74. The highest BCUT2D eigenvalue weighted by Crippen LogP contribution is 2.29. The molecule has 0 aliphatic heterocycles. The molecule has 0 aromatic heterocycles. The number of rotatable bonds is 2. The summed E-state index contributed by atoms with van der Waals surface area (Å²) < 4.78 is 13.7. The summed E-state index contributed by atoms with van der Waals surface area (Å²) in [6.45, 7) is 1.94. The molecule has 2 aromatic rings. The van der Waals surface area contributed by atoms with Crippen molar-refractivity contribution in [2.45, 2.75) is 13.0 Å². The third-order valence-electron chi connectivity index (χ3n) is 2.85. The molecule has 0 bridgehead atoms. The molecule has 0 saturated carbocycles. The third kappa shape index (κ3) is 2.74. The summed E-state index contributed by atoms with van der Waals surface area (Å²) in [6, 6.07) is 9.85. The molecule has 0 aliphatic rings. The van der Waals surface area contributed by atoms with Gasteiger partial charge in [0.15, 0.2) is 0 Å². The maximum Gasteiger partial charge on any atom is 0.124 e. The smallest absolute Gasteiger partial charge is 0.124 e. The largest absolute Gasteiger partial charge is 0.320 e. The number of aryl methyl sites for hydroxylation is 1. The van der Waals surface area contributed by atoms with E-state index >= 15 is 0 Å². The number of hydrogen-bond acceptors (Lipinski definition) is 1. The molecule has 0 fully saturated rings. The average Bonchev–Trinajstić information content (AvgIpc) is 2.32. The Bertz CT molecular complexity index is 586. The minimum atomic E-state index is -0.335. The molecule has 1 atom stereocenters. The Morgan fingerprint density at radius 2 is 1.94 bits per heavy atom. The molecule has 0 radical (unpaired) electrons. The lowest BCUT2D eigenvalue weighted by atomic mass is 9.99. The molecule has 0 heterocycles. The molecule has 2 aromatic carbocycles. The highest BCUT2D eigenvalue weighted by Gasteiger charge is 2.13. The van der Waals surface area contributed by atoms with E-state index in [1.165, 1.54) is 12.1 Å². The van der Waals surface area contributed by atoms with Crippen molar-refractivity contribution < 1.29 is 4.39 Å². The van der Waals surface area contributed by atoms with Crippen LogP contribution in [-0.2, 0) is 0 Å². The molecule has 2 rings (SSSR count). The normalized spacial score (nSPS) is 12.5. The van der Waals surface area contributed by atoms with Crippen molar-refractivity contribution in [2.75, 3.05) is 0 Å². The van der Waals surface area contributed by atoms with Gasteiger partial charge in [0.25, 0.3) is 0 Å². The maximum absolute atomic E-state index is 13.0. The van der Waals surface area contributed by atoms with Crippen LogP contribution >= 0.6 is 27.5 Å². The Labute approximate surface area is 119 Å². The molecule has 4 heteroatoms. The Morgan fingerprint density at radius 1 is 1.22 bits per heavy atom. The zero-order valence-corrected chi connectivity index (χ0v) is 12.1. The molecule has 0 amide bonds. The van der Waals surface area contributed by atoms with Crippen molar-refractivity contribution >= 4 is 27.5 Å². The van der Waals surface area contributed by atoms with Crippen LogP contribution < -0.4 is 5.73 Å². The van der Waals surface area contributed by atoms with Crippen molar-refractivity contribution in [3.8, 4) is 0 Å². The Hall–Kier alpha value is -0.900. The van der Waals surface area contributed by atoms with Crippen LogP contribution in [0.3, 0.4) is 0 Å². The van der Waals surface area contributed by atoms with Crippen LogP contribution in [0.1, 0.15) is 22.7 Å². The van der Waals surface area contributed by atoms with E-state index in [9.17, 15) is 4.39 Å². The third-order valence-corrected chi connectivity index (χ3v) is 3.95. The lowest BCUT2D eigenvalue weighted by molar-refractivity contribution is 0.625. The van der Waals surface area contributed by atoms with Crippen LogP contribution in [0.5, 0.6) is 0 Å². The van der Waals surface area contributed by atoms with Gasteiger partial charge in [-0.15, -0.1) is 0 Å². The molecular formula is C14H12BrClFN. The summed E-state index contributed by atoms with van der Waals surface area (Å²) in [7, 11) is 0. The van der Waals surface area contributed by atoms with Gasteiger partial charge in [-0.3, -0.25) is 0 Å². The second-order valence-corrected chi connectivity index (χ2v) is 5.41. The van der Waals surface area contributed by atoms with Crippen LogP contribution in [0, 0.1) is 12.7 Å². The number of hydrogen-bond donors (Lipinski definition) is 1. The summed E-state index contributed by atoms with van der Waals surface area (Å²) in [4.78, 5) is 0. The standard InChI is InChI=1S/C14H12BrClFN/c1-8-2-3-9(6-13(8)16)14(18)11-5-4-10(17)7-12(11)15/h2-7,14H,18H2,1H3. The fraction of sp³-hybridized carbons (Fsp3) is 0.143. The molecule has 94 valence electrons. The van der Waals surface area contributed by atoms with E-state index in [-0.39, 0.29) is 11.9 Å². The summed E-state index contributed by atoms with van der Waals surface area (Å²) >= 11 is 9.41. The topological polar surface area (TPSA) is 26.0 Å². The first kappa shape index (κ1) is 13.5. The zero-order chi connectivity index (χ0) is 13.3. The van der Waals surface area contributed by atoms with Crippen molar-refractivity contribution in [1.82, 2.24) is 0 Å². The lowest BCUT2D eigenvalue weighted by Crippen LogP contribution is -2.12. The molecule has 0 aliphatic carbocycles. The van der Waals surface area contributed by atoms with E-state index in [4.69, 9.17) is 17.3 Å². The van der Waals surface area contributed by atoms with Gasteiger partial charge in [-0.2, -0.15) is 0 Å². The first-order valence-electron chi connectivity index (χ1n) is 5.45. The predicted octanol–water partition coefficient (Wildman–Crippen LogP) is 4.60. The van der Waals surface area contributed by atoms with Crippen LogP contribution in [0.15, 0.2) is 40.9 Å². The van der Waals surface area contributed by atoms with Gasteiger partial charge in [-0.05, 0) is 41.8 Å². The molecule has 0 saturated heterocycles. The molecule has 1 nitrogen and oxygen atoms in total. The van der Waals surface area contributed by atoms with Gasteiger partial charge in [-0.1, -0.05) is 45.7 Å². The molecular weight excluding hydrogens is 317 g/mol. The van der Waals surface area contributed by atoms with Crippen LogP contribution in [-0.4, -0.2) is 0 Å². The molecule has 1 unspecified atom stereocenters. The van der Waals surface area contributed by atoms with E-state index in [2.05, 4.69) is 15.9 Å². The summed E-state index contributed by atoms with van der Waals surface area (Å²) in [5.74, 6) is -0.292. The number of halogens is 3. The number of nitrogens with two attached hydrogens (primary N) is 1. The lowest BCUT2D eigenvalue weighted by Gasteiger charge is -2.15. The van der Waals surface area contributed by atoms with Gasteiger partial charge in [-0.25, -0.2) is 4.39 Å². The Kier molecular flexibility index (Phi) is 4.05. The second kappa shape index (κ2) is 5.39. The molecule has 2 N–H and O–H groups in total. The zero-order valence-electron chi connectivity index (χ0n) is 9.75. The first-order valence-corrected chi connectivity index (χ1v) is 6.62. The minimum Gasteiger partial charge on any atom is -0.320 e. The second-order valence-electron chi connectivity index (χ2n) is 4.15. The van der Waals surface area contributed by atoms with Crippen molar-refractivity contribution in [2.24, 2.45) is 5.73 Å². The average molecular weight is 329 g/mol. The van der Waals surface area contributed by atoms with Gasteiger partial charge in [0.1, 0.15) is 5.82 Å². The summed E-state index contributed by atoms with van der Waals surface area (Å²) in [5.41, 5.74) is 8.91. The Balaban J connectivity index is 2.41. The van der Waals surface area contributed by atoms with Crippen molar-refractivity contribution in [3.63, 3.8) is 0 Å². The SMILES string of the molecule is Cc1ccc(C(N)c2ccc(F)cc2Br)cc1Cl. The van der Waals surface area contributed by atoms with Crippen LogP contribution in [0.25, 0.3) is 0 Å². The minimum absolute atomic E-state index is 0.292. The highest BCUT2D eigenvalue weighted by molar-refractivity contribution is 9.10. The van der Waals surface area contributed by atoms with Gasteiger partial charge >= 0.3 is 0 Å².